The van der Waals surface area contributed by atoms with Crippen molar-refractivity contribution in [3.05, 3.63) is 29.3 Å². The van der Waals surface area contributed by atoms with Gasteiger partial charge in [-0.1, -0.05) is 6.07 Å². The molecular weight excluding hydrogens is 264 g/mol. The van der Waals surface area contributed by atoms with E-state index in [2.05, 4.69) is 5.32 Å². The molecule has 0 saturated carbocycles. The number of nitrogen functional groups attached to an aromatic ring is 1. The fraction of sp³-hybridized carbons (Fsp3) is 0.462. The number of carbonyl (C=O) groups is 1. The average Bonchev–Trinajstić information content (AvgIpc) is 2.26. The monoisotopic (exact) mass is 282 g/mol. The first-order valence-corrected chi connectivity index (χ1v) is 8.26. The molecule has 0 bridgehead atoms. The minimum Gasteiger partial charge on any atom is -0.399 e. The number of hydrogen-bond donors (Lipinski definition) is 2. The van der Waals surface area contributed by atoms with E-state index in [0.717, 1.165) is 36.6 Å². The maximum Gasteiger partial charge on any atom is 0.235 e. The quantitative estimate of drug-likeness (QED) is 0.803. The van der Waals surface area contributed by atoms with Gasteiger partial charge in [0.25, 0.3) is 0 Å². The van der Waals surface area contributed by atoms with Crippen LogP contribution in [0.3, 0.4) is 0 Å². The molecule has 1 unspecified atom stereocenters. The maximum atomic E-state index is 11.7. The lowest BCUT2D eigenvalue weighted by Crippen LogP contribution is -2.34. The van der Waals surface area contributed by atoms with E-state index in [1.54, 1.807) is 6.07 Å². The van der Waals surface area contributed by atoms with Crippen LogP contribution < -0.4 is 11.1 Å². The first kappa shape index (κ1) is 13.9. The fourth-order valence-corrected chi connectivity index (χ4v) is 3.02. The van der Waals surface area contributed by atoms with E-state index in [4.69, 9.17) is 5.73 Å². The van der Waals surface area contributed by atoms with Gasteiger partial charge in [0.05, 0.1) is 6.04 Å². The van der Waals surface area contributed by atoms with E-state index in [-0.39, 0.29) is 6.04 Å². The van der Waals surface area contributed by atoms with Crippen molar-refractivity contribution >= 4 is 21.4 Å². The smallest absolute Gasteiger partial charge is 0.235 e. The van der Waals surface area contributed by atoms with Crippen LogP contribution in [0.1, 0.15) is 30.0 Å². The molecule has 1 atom stereocenters. The number of nitrogens with one attached hydrogen (secondary N) is 1. The van der Waals surface area contributed by atoms with Crippen LogP contribution in [-0.4, -0.2) is 26.3 Å². The van der Waals surface area contributed by atoms with Gasteiger partial charge in [-0.3, -0.25) is 4.79 Å². The highest BCUT2D eigenvalue weighted by atomic mass is 32.2. The largest absolute Gasteiger partial charge is 0.399 e. The zero-order valence-corrected chi connectivity index (χ0v) is 11.7. The Kier molecular flexibility index (Phi) is 3.80. The number of nitrogens with two attached hydrogens (primary N) is 1. The minimum absolute atomic E-state index is 0.112. The molecule has 1 amide bonds. The van der Waals surface area contributed by atoms with E-state index in [1.807, 2.05) is 12.1 Å². The zero-order chi connectivity index (χ0) is 14.0. The molecule has 0 aromatic heterocycles. The van der Waals surface area contributed by atoms with E-state index >= 15 is 0 Å². The van der Waals surface area contributed by atoms with Crippen molar-refractivity contribution in [2.45, 2.75) is 25.3 Å². The highest BCUT2D eigenvalue weighted by Gasteiger charge is 2.23. The van der Waals surface area contributed by atoms with Crippen molar-refractivity contribution in [2.24, 2.45) is 0 Å². The molecule has 0 spiro atoms. The molecule has 0 saturated heterocycles. The predicted molar refractivity (Wildman–Crippen MR) is 74.4 cm³/mol. The van der Waals surface area contributed by atoms with Gasteiger partial charge in [-0.2, -0.15) is 0 Å². The predicted octanol–water partition coefficient (Wildman–Crippen LogP) is 0.807. The summed E-state index contributed by atoms with van der Waals surface area (Å²) in [5.41, 5.74) is 8.63. The molecule has 0 heterocycles. The van der Waals surface area contributed by atoms with E-state index in [0.29, 0.717) is 5.69 Å². The highest BCUT2D eigenvalue weighted by molar-refractivity contribution is 7.91. The third-order valence-electron chi connectivity index (χ3n) is 3.21. The summed E-state index contributed by atoms with van der Waals surface area (Å²) >= 11 is 0. The first-order chi connectivity index (χ1) is 8.85. The number of fused-ring (bicyclic) bond motifs is 1. The number of hydrogen-bond acceptors (Lipinski definition) is 4. The molecule has 1 aromatic carbocycles. The van der Waals surface area contributed by atoms with Gasteiger partial charge < -0.3 is 11.1 Å². The minimum atomic E-state index is -3.29. The summed E-state index contributed by atoms with van der Waals surface area (Å²) in [5.74, 6) is -0.912. The van der Waals surface area contributed by atoms with Gasteiger partial charge >= 0.3 is 0 Å². The molecule has 6 heteroatoms. The van der Waals surface area contributed by atoms with Crippen molar-refractivity contribution in [1.29, 1.82) is 0 Å². The Bertz CT molecular complexity index is 596. The summed E-state index contributed by atoms with van der Waals surface area (Å²) in [5, 5.41) is 2.79. The summed E-state index contributed by atoms with van der Waals surface area (Å²) in [6, 6.07) is 5.53. The standard InChI is InChI=1S/C13H18N2O3S/c1-19(17,18)8-13(16)15-12-4-2-3-9-7-10(14)5-6-11(9)12/h5-7,12H,2-4,8,14H2,1H3,(H,15,16). The molecule has 1 aromatic rings. The molecule has 1 aliphatic rings. The van der Waals surface area contributed by atoms with E-state index in [9.17, 15) is 13.2 Å². The highest BCUT2D eigenvalue weighted by Crippen LogP contribution is 2.30. The van der Waals surface area contributed by atoms with Crippen LogP contribution >= 0.6 is 0 Å². The van der Waals surface area contributed by atoms with Crippen molar-refractivity contribution in [2.75, 3.05) is 17.7 Å². The van der Waals surface area contributed by atoms with Crippen molar-refractivity contribution in [1.82, 2.24) is 5.32 Å². The molecule has 0 fully saturated rings. The molecule has 104 valence electrons. The Morgan fingerprint density at radius 1 is 1.47 bits per heavy atom. The number of benzene rings is 1. The van der Waals surface area contributed by atoms with Crippen LogP contribution in [-0.2, 0) is 21.1 Å². The van der Waals surface area contributed by atoms with Crippen LogP contribution in [0, 0.1) is 0 Å². The fourth-order valence-electron chi connectivity index (χ4n) is 2.46. The lowest BCUT2D eigenvalue weighted by atomic mass is 9.87. The normalized spacial score (nSPS) is 18.7. The second-order valence-electron chi connectivity index (χ2n) is 5.04. The molecule has 3 N–H and O–H groups in total. The van der Waals surface area contributed by atoms with Crippen LogP contribution in [0.5, 0.6) is 0 Å². The summed E-state index contributed by atoms with van der Waals surface area (Å²) in [7, 11) is -3.29. The molecule has 1 aliphatic carbocycles. The van der Waals surface area contributed by atoms with Crippen LogP contribution in [0.15, 0.2) is 18.2 Å². The topological polar surface area (TPSA) is 89.3 Å². The van der Waals surface area contributed by atoms with Gasteiger partial charge in [0.15, 0.2) is 9.84 Å². The summed E-state index contributed by atoms with van der Waals surface area (Å²) in [6.45, 7) is 0. The van der Waals surface area contributed by atoms with Crippen molar-refractivity contribution in [3.8, 4) is 0 Å². The molecule has 5 nitrogen and oxygen atoms in total. The number of rotatable bonds is 3. The molecular formula is C13H18N2O3S. The third kappa shape index (κ3) is 3.70. The lowest BCUT2D eigenvalue weighted by molar-refractivity contribution is -0.119. The number of carbonyl (C=O) groups excluding carboxylic acids is 1. The van der Waals surface area contributed by atoms with Gasteiger partial charge in [-0.15, -0.1) is 0 Å². The van der Waals surface area contributed by atoms with Gasteiger partial charge in [0.2, 0.25) is 5.91 Å². The summed E-state index contributed by atoms with van der Waals surface area (Å²) in [4.78, 5) is 11.7. The Hall–Kier alpha value is -1.56. The Labute approximate surface area is 113 Å². The summed E-state index contributed by atoms with van der Waals surface area (Å²) in [6.07, 6.45) is 3.79. The van der Waals surface area contributed by atoms with Crippen molar-refractivity contribution in [3.63, 3.8) is 0 Å². The second-order valence-corrected chi connectivity index (χ2v) is 7.18. The Morgan fingerprint density at radius 3 is 2.89 bits per heavy atom. The zero-order valence-electron chi connectivity index (χ0n) is 10.8. The number of anilines is 1. The van der Waals surface area contributed by atoms with Gasteiger partial charge in [-0.05, 0) is 42.5 Å². The van der Waals surface area contributed by atoms with Gasteiger partial charge in [-0.25, -0.2) is 8.42 Å². The second kappa shape index (κ2) is 5.21. The SMILES string of the molecule is CS(=O)(=O)CC(=O)NC1CCCc2cc(N)ccc21. The Morgan fingerprint density at radius 2 is 2.21 bits per heavy atom. The maximum absolute atomic E-state index is 11.7. The average molecular weight is 282 g/mol. The number of sulfone groups is 1. The van der Waals surface area contributed by atoms with Gasteiger partial charge in [0.1, 0.15) is 5.75 Å². The number of amides is 1. The summed E-state index contributed by atoms with van der Waals surface area (Å²) < 4.78 is 22.2. The molecule has 0 radical (unpaired) electrons. The number of aryl methyl sites for hydroxylation is 1. The molecule has 0 aliphatic heterocycles. The Balaban J connectivity index is 2.14. The first-order valence-electron chi connectivity index (χ1n) is 6.20. The van der Waals surface area contributed by atoms with Gasteiger partial charge in [0, 0.05) is 11.9 Å². The van der Waals surface area contributed by atoms with Crippen LogP contribution in [0.25, 0.3) is 0 Å². The lowest BCUT2D eigenvalue weighted by Gasteiger charge is -2.26. The van der Waals surface area contributed by atoms with Crippen LogP contribution in [0.4, 0.5) is 5.69 Å². The van der Waals surface area contributed by atoms with Crippen LogP contribution in [0.2, 0.25) is 0 Å². The molecule has 19 heavy (non-hydrogen) atoms. The third-order valence-corrected chi connectivity index (χ3v) is 4.00. The van der Waals surface area contributed by atoms with Crippen molar-refractivity contribution < 1.29 is 13.2 Å². The molecule has 2 rings (SSSR count). The van der Waals surface area contributed by atoms with E-state index in [1.165, 1.54) is 0 Å². The van der Waals surface area contributed by atoms with E-state index < -0.39 is 21.5 Å².